The summed E-state index contributed by atoms with van der Waals surface area (Å²) in [5.41, 5.74) is 0. The third-order valence-electron chi connectivity index (χ3n) is 6.76. The smallest absolute Gasteiger partial charge is 0.323 e. The molecule has 2 rings (SSSR count). The van der Waals surface area contributed by atoms with Crippen LogP contribution in [0.4, 0.5) is 0 Å². The summed E-state index contributed by atoms with van der Waals surface area (Å²) in [6, 6.07) is -0.122. The molecule has 210 valence electrons. The second-order valence-corrected chi connectivity index (χ2v) is 9.64. The molecular formula is C23H39N5O9. The number of hydrogen-bond donors (Lipinski definition) is 4. The Kier molecular flexibility index (Phi) is 12.7. The van der Waals surface area contributed by atoms with E-state index in [9.17, 15) is 44.4 Å². The number of rotatable bonds is 11. The summed E-state index contributed by atoms with van der Waals surface area (Å²) in [6.07, 6.45) is 3.38. The van der Waals surface area contributed by atoms with Crippen LogP contribution < -0.4 is 0 Å². The molecule has 1 saturated heterocycles. The summed E-state index contributed by atoms with van der Waals surface area (Å²) in [5.74, 6) is -4.48. The number of carbonyl (C=O) groups excluding carboxylic acids is 1. The van der Waals surface area contributed by atoms with Gasteiger partial charge in [0.05, 0.1) is 26.2 Å². The molecule has 1 saturated carbocycles. The molecule has 2 aliphatic rings. The van der Waals surface area contributed by atoms with Crippen LogP contribution in [0, 0.1) is 0 Å². The van der Waals surface area contributed by atoms with E-state index in [-0.39, 0.29) is 70.9 Å². The minimum atomic E-state index is -1.08. The van der Waals surface area contributed by atoms with E-state index >= 15 is 0 Å². The molecule has 0 aromatic carbocycles. The second kappa shape index (κ2) is 15.4. The predicted octanol–water partition coefficient (Wildman–Crippen LogP) is -1.68. The molecule has 1 aliphatic carbocycles. The third-order valence-corrected chi connectivity index (χ3v) is 6.76. The standard InChI is InChI=1S/C23H39N5O9/c29-19(28(17-23(36)37)18-3-1-2-4-18)13-24-5-7-25(14-20(30)31)9-11-27(16-22(34)35)12-10-26(8-6-24)15-21(32)33/h18H,1-17H2,(H,30,31)(H,32,33)(H,34,35)(H,36,37). The zero-order chi connectivity index (χ0) is 27.4. The van der Waals surface area contributed by atoms with Crippen molar-refractivity contribution in [3.63, 3.8) is 0 Å². The van der Waals surface area contributed by atoms with Crippen LogP contribution in [0.5, 0.6) is 0 Å². The summed E-state index contributed by atoms with van der Waals surface area (Å²) < 4.78 is 0. The number of amides is 1. The highest BCUT2D eigenvalue weighted by atomic mass is 16.4. The van der Waals surface area contributed by atoms with Crippen LogP contribution in [0.2, 0.25) is 0 Å². The maximum Gasteiger partial charge on any atom is 0.323 e. The van der Waals surface area contributed by atoms with Gasteiger partial charge in [0.15, 0.2) is 0 Å². The molecule has 4 N–H and O–H groups in total. The Morgan fingerprint density at radius 2 is 0.865 bits per heavy atom. The first kappa shape index (κ1) is 30.4. The molecule has 1 amide bonds. The van der Waals surface area contributed by atoms with Gasteiger partial charge in [0, 0.05) is 58.4 Å². The van der Waals surface area contributed by atoms with Crippen molar-refractivity contribution in [1.29, 1.82) is 0 Å². The highest BCUT2D eigenvalue weighted by Gasteiger charge is 2.30. The van der Waals surface area contributed by atoms with Gasteiger partial charge >= 0.3 is 23.9 Å². The average Bonchev–Trinajstić information content (AvgIpc) is 3.32. The van der Waals surface area contributed by atoms with E-state index in [0.717, 1.165) is 25.7 Å². The van der Waals surface area contributed by atoms with Gasteiger partial charge in [-0.3, -0.25) is 43.6 Å². The van der Waals surface area contributed by atoms with Crippen molar-refractivity contribution in [2.75, 3.05) is 85.1 Å². The molecule has 0 radical (unpaired) electrons. The van der Waals surface area contributed by atoms with Gasteiger partial charge < -0.3 is 25.3 Å². The Labute approximate surface area is 216 Å². The zero-order valence-corrected chi connectivity index (χ0v) is 21.2. The lowest BCUT2D eigenvalue weighted by molar-refractivity contribution is -0.146. The molecule has 14 nitrogen and oxygen atoms in total. The van der Waals surface area contributed by atoms with Gasteiger partial charge in [-0.25, -0.2) is 0 Å². The Balaban J connectivity index is 2.18. The summed E-state index contributed by atoms with van der Waals surface area (Å²) in [5, 5.41) is 37.2. The maximum absolute atomic E-state index is 13.2. The predicted molar refractivity (Wildman–Crippen MR) is 130 cm³/mol. The van der Waals surface area contributed by atoms with Gasteiger partial charge in [-0.1, -0.05) is 12.8 Å². The van der Waals surface area contributed by atoms with Gasteiger partial charge in [0.25, 0.3) is 0 Å². The highest BCUT2D eigenvalue weighted by molar-refractivity contribution is 5.83. The van der Waals surface area contributed by atoms with E-state index in [1.54, 1.807) is 14.7 Å². The molecule has 1 aliphatic heterocycles. The Morgan fingerprint density at radius 3 is 1.16 bits per heavy atom. The largest absolute Gasteiger partial charge is 0.480 e. The van der Waals surface area contributed by atoms with Crippen LogP contribution in [0.1, 0.15) is 25.7 Å². The number of aliphatic carboxylic acids is 4. The topological polar surface area (TPSA) is 182 Å². The van der Waals surface area contributed by atoms with E-state index in [1.165, 1.54) is 4.90 Å². The van der Waals surface area contributed by atoms with E-state index in [0.29, 0.717) is 26.2 Å². The van der Waals surface area contributed by atoms with Crippen molar-refractivity contribution in [1.82, 2.24) is 24.5 Å². The fourth-order valence-electron chi connectivity index (χ4n) is 4.85. The first-order chi connectivity index (χ1) is 17.5. The summed E-state index contributed by atoms with van der Waals surface area (Å²) in [4.78, 5) is 67.0. The average molecular weight is 530 g/mol. The third kappa shape index (κ3) is 11.9. The van der Waals surface area contributed by atoms with Crippen molar-refractivity contribution in [3.8, 4) is 0 Å². The molecule has 37 heavy (non-hydrogen) atoms. The highest BCUT2D eigenvalue weighted by Crippen LogP contribution is 2.23. The molecule has 0 aromatic rings. The van der Waals surface area contributed by atoms with Crippen molar-refractivity contribution < 1.29 is 44.4 Å². The first-order valence-electron chi connectivity index (χ1n) is 12.6. The fraction of sp³-hybridized carbons (Fsp3) is 0.783. The van der Waals surface area contributed by atoms with Gasteiger partial charge in [-0.2, -0.15) is 0 Å². The van der Waals surface area contributed by atoms with Crippen molar-refractivity contribution >= 4 is 29.8 Å². The lowest BCUT2D eigenvalue weighted by atomic mass is 10.2. The quantitative estimate of drug-likeness (QED) is 0.238. The molecule has 0 bridgehead atoms. The van der Waals surface area contributed by atoms with Crippen LogP contribution in [0.15, 0.2) is 0 Å². The van der Waals surface area contributed by atoms with E-state index < -0.39 is 23.9 Å². The number of carboxylic acids is 4. The normalized spacial score (nSPS) is 20.1. The Morgan fingerprint density at radius 1 is 0.541 bits per heavy atom. The molecule has 0 atom stereocenters. The van der Waals surface area contributed by atoms with Crippen molar-refractivity contribution in [2.24, 2.45) is 0 Å². The minimum Gasteiger partial charge on any atom is -0.480 e. The van der Waals surface area contributed by atoms with Crippen LogP contribution in [-0.4, -0.2) is 166 Å². The maximum atomic E-state index is 13.2. The van der Waals surface area contributed by atoms with E-state index in [2.05, 4.69) is 0 Å². The Hall–Kier alpha value is -2.81. The molecule has 0 aromatic heterocycles. The van der Waals surface area contributed by atoms with E-state index in [4.69, 9.17) is 0 Å². The van der Waals surface area contributed by atoms with Crippen LogP contribution in [-0.2, 0) is 24.0 Å². The van der Waals surface area contributed by atoms with Gasteiger partial charge in [0.1, 0.15) is 6.54 Å². The molecule has 1 heterocycles. The summed E-state index contributed by atoms with van der Waals surface area (Å²) in [6.45, 7) is 1.16. The van der Waals surface area contributed by atoms with Crippen molar-refractivity contribution in [3.05, 3.63) is 0 Å². The fourth-order valence-corrected chi connectivity index (χ4v) is 4.85. The molecule has 0 spiro atoms. The molecule has 2 fully saturated rings. The number of nitrogens with zero attached hydrogens (tertiary/aromatic N) is 5. The van der Waals surface area contributed by atoms with Crippen LogP contribution in [0.3, 0.4) is 0 Å². The van der Waals surface area contributed by atoms with Crippen LogP contribution in [0.25, 0.3) is 0 Å². The zero-order valence-electron chi connectivity index (χ0n) is 21.2. The van der Waals surface area contributed by atoms with Gasteiger partial charge in [-0.05, 0) is 12.8 Å². The Bertz CT molecular complexity index is 773. The van der Waals surface area contributed by atoms with Crippen LogP contribution >= 0.6 is 0 Å². The molecular weight excluding hydrogens is 490 g/mol. The number of carboxylic acid groups (broad SMARTS) is 4. The summed E-state index contributed by atoms with van der Waals surface area (Å²) in [7, 11) is 0. The molecule has 0 unspecified atom stereocenters. The summed E-state index contributed by atoms with van der Waals surface area (Å²) >= 11 is 0. The number of carbonyl (C=O) groups is 5. The SMILES string of the molecule is O=C(O)CN1CCN(CC(=O)O)CCN(CC(=O)N(CC(=O)O)C2CCCC2)CCN(CC(=O)O)CC1. The number of hydrogen-bond acceptors (Lipinski definition) is 9. The van der Waals surface area contributed by atoms with Gasteiger partial charge in [-0.15, -0.1) is 0 Å². The minimum absolute atomic E-state index is 0.0588. The second-order valence-electron chi connectivity index (χ2n) is 9.64. The monoisotopic (exact) mass is 529 g/mol. The van der Waals surface area contributed by atoms with Gasteiger partial charge in [0.2, 0.25) is 5.91 Å². The van der Waals surface area contributed by atoms with E-state index in [1.807, 2.05) is 4.90 Å². The lowest BCUT2D eigenvalue weighted by Gasteiger charge is -2.34. The first-order valence-corrected chi connectivity index (χ1v) is 12.6. The molecule has 14 heteroatoms. The lowest BCUT2D eigenvalue weighted by Crippen LogP contribution is -2.51. The van der Waals surface area contributed by atoms with Crippen molar-refractivity contribution in [2.45, 2.75) is 31.7 Å².